The number of ketones is 1. The highest BCUT2D eigenvalue weighted by atomic mass is 16.5. The van der Waals surface area contributed by atoms with E-state index in [0.29, 0.717) is 13.1 Å². The van der Waals surface area contributed by atoms with Crippen molar-refractivity contribution in [2.24, 2.45) is 40.6 Å². The number of phenols is 2. The molecule has 0 aromatic heterocycles. The topological polar surface area (TPSA) is 202 Å². The van der Waals surface area contributed by atoms with Crippen molar-refractivity contribution in [2.45, 2.75) is 72.4 Å². The first-order chi connectivity index (χ1) is 27.0. The van der Waals surface area contributed by atoms with Crippen LogP contribution >= 0.6 is 0 Å². The molecule has 1 saturated heterocycles. The normalized spacial score (nSPS) is 33.6. The molecule has 308 valence electrons. The van der Waals surface area contributed by atoms with Crippen LogP contribution in [0.2, 0.25) is 0 Å². The highest BCUT2D eigenvalue weighted by Gasteiger charge is 2.47. The van der Waals surface area contributed by atoms with E-state index in [2.05, 4.69) is 27.2 Å². The minimum absolute atomic E-state index is 0.0465. The number of allylic oxidation sites excluding steroid dienone is 4. The number of hydrogen-bond donors (Lipinski definition) is 6. The van der Waals surface area contributed by atoms with E-state index in [-0.39, 0.29) is 40.1 Å². The van der Waals surface area contributed by atoms with Crippen molar-refractivity contribution in [1.82, 2.24) is 9.91 Å². The number of hydrazone groups is 1. The summed E-state index contributed by atoms with van der Waals surface area (Å²) in [6.45, 7) is 12.4. The van der Waals surface area contributed by atoms with Crippen molar-refractivity contribution in [1.29, 1.82) is 0 Å². The van der Waals surface area contributed by atoms with Crippen LogP contribution in [0.15, 0.2) is 46.8 Å². The van der Waals surface area contributed by atoms with Crippen molar-refractivity contribution in [3.63, 3.8) is 0 Å². The van der Waals surface area contributed by atoms with E-state index in [9.17, 15) is 39.9 Å². The number of amides is 1. The van der Waals surface area contributed by atoms with Gasteiger partial charge in [-0.15, -0.1) is 0 Å². The number of piperazine rings is 1. The van der Waals surface area contributed by atoms with E-state index in [1.807, 2.05) is 7.05 Å². The Hall–Kier alpha value is -4.94. The number of Topliss-reactive ketones (excluding diaryl/α,β-unsaturated/α-hetero) is 1. The van der Waals surface area contributed by atoms with Crippen molar-refractivity contribution in [2.75, 3.05) is 45.7 Å². The van der Waals surface area contributed by atoms with Gasteiger partial charge in [0.05, 0.1) is 47.3 Å². The molecule has 14 heteroatoms. The SMILES string of the molecule is CO[C@H]1/C=C/CC(O)=C2c3c(O)c(/C=N/N4CCN(C)CC4)c4c(O)c3C(=O)C#CC2C(C)[C@@H]1[C@@H](OC(C)=O)[C@H](C)[C@H](O)[C@H](C)[C@@H](O)[C@@H](C)/C=C/C=C(/C)C(=O)N4. The van der Waals surface area contributed by atoms with Gasteiger partial charge in [0.25, 0.3) is 5.91 Å². The highest BCUT2D eigenvalue weighted by Crippen LogP contribution is 2.51. The number of esters is 1. The number of ether oxygens (including phenoxy) is 2. The molecule has 3 heterocycles. The largest absolute Gasteiger partial charge is 0.512 e. The van der Waals surface area contributed by atoms with E-state index in [1.165, 1.54) is 33.2 Å². The predicted molar refractivity (Wildman–Crippen MR) is 215 cm³/mol. The van der Waals surface area contributed by atoms with Gasteiger partial charge in [0.2, 0.25) is 5.78 Å². The predicted octanol–water partition coefficient (Wildman–Crippen LogP) is 4.01. The van der Waals surface area contributed by atoms with Crippen molar-refractivity contribution >= 4 is 35.1 Å². The summed E-state index contributed by atoms with van der Waals surface area (Å²) in [5, 5.41) is 68.7. The average Bonchev–Trinajstić information content (AvgIpc) is 3.30. The Labute approximate surface area is 334 Å². The van der Waals surface area contributed by atoms with Gasteiger partial charge in [-0.3, -0.25) is 19.4 Å². The van der Waals surface area contributed by atoms with E-state index in [1.54, 1.807) is 57.0 Å². The maximum Gasteiger partial charge on any atom is 0.302 e. The first-order valence-electron chi connectivity index (χ1n) is 19.4. The fraction of sp³-hybridized carbons (Fsp3) is 0.535. The van der Waals surface area contributed by atoms with Crippen LogP contribution in [0.3, 0.4) is 0 Å². The number of methoxy groups -OCH3 is 1. The molecule has 1 aromatic carbocycles. The van der Waals surface area contributed by atoms with Crippen LogP contribution < -0.4 is 5.32 Å². The average molecular weight is 789 g/mol. The molecule has 2 aliphatic carbocycles. The zero-order valence-corrected chi connectivity index (χ0v) is 33.9. The molecule has 0 saturated carbocycles. The number of carbonyl (C=O) groups is 3. The Morgan fingerprint density at radius 2 is 1.65 bits per heavy atom. The number of carbonyl (C=O) groups excluding carboxylic acids is 3. The number of rotatable bonds is 4. The first-order valence-corrected chi connectivity index (χ1v) is 19.4. The Kier molecular flexibility index (Phi) is 13.7. The third kappa shape index (κ3) is 8.97. The summed E-state index contributed by atoms with van der Waals surface area (Å²) >= 11 is 0. The van der Waals surface area contributed by atoms with Gasteiger partial charge in [0.1, 0.15) is 17.6 Å². The van der Waals surface area contributed by atoms with E-state index in [0.717, 1.165) is 13.1 Å². The summed E-state index contributed by atoms with van der Waals surface area (Å²) in [5.74, 6) is -2.59. The van der Waals surface area contributed by atoms with E-state index < -0.39 is 94.6 Å². The zero-order valence-electron chi connectivity index (χ0n) is 33.9. The fourth-order valence-corrected chi connectivity index (χ4v) is 8.33. The summed E-state index contributed by atoms with van der Waals surface area (Å²) in [5.41, 5.74) is -0.773. The zero-order chi connectivity index (χ0) is 41.9. The summed E-state index contributed by atoms with van der Waals surface area (Å²) in [4.78, 5) is 42.8. The van der Waals surface area contributed by atoms with Crippen LogP contribution in [0.5, 0.6) is 11.5 Å². The van der Waals surface area contributed by atoms with Gasteiger partial charge in [-0.05, 0) is 25.8 Å². The second-order valence-corrected chi connectivity index (χ2v) is 15.8. The lowest BCUT2D eigenvalue weighted by Gasteiger charge is -2.42. The van der Waals surface area contributed by atoms with Crippen molar-refractivity contribution < 1.29 is 49.4 Å². The van der Waals surface area contributed by atoms with Crippen LogP contribution in [0.25, 0.3) is 5.57 Å². The lowest BCUT2D eigenvalue weighted by molar-refractivity contribution is -0.165. The molecule has 6 rings (SSSR count). The molecule has 3 aliphatic heterocycles. The number of phenolic OH excluding ortho intramolecular Hbond substituents is 2. The molecule has 6 N–H and O–H groups in total. The summed E-state index contributed by atoms with van der Waals surface area (Å²) in [6.07, 6.45) is 5.30. The number of aliphatic hydroxyl groups is 3. The standard InChI is InChI=1S/C43H56N4O10/c1-22-11-9-12-23(2)43(55)45-37-29(21-44-47-19-17-46(7)18-20-47)40(53)36-34-28(15-16-31(50)35(36)41(37)54)24(3)33(32(56-8)14-10-13-30(34)49)42(57-27(6)48)26(5)39(52)25(4)38(22)51/h9-12,14,21-22,24-26,28,32-33,38-39,42,49,51-54H,13,17-20H2,1-8H3,(H,45,55)/b11-9+,14-10+,23-12-,34-30?,44-21+/t22-,24?,25+,26+,28?,32-,33-,38-,39+,42-/m0/s1. The molecule has 0 radical (unpaired) electrons. The first kappa shape index (κ1) is 43.2. The highest BCUT2D eigenvalue weighted by molar-refractivity contribution is 6.19. The number of likely N-dealkylation sites (N-methyl/N-ethyl adjacent to an activating group) is 1. The summed E-state index contributed by atoms with van der Waals surface area (Å²) < 4.78 is 12.1. The number of nitrogens with one attached hydrogen (secondary N) is 1. The third-order valence-corrected chi connectivity index (χ3v) is 11.9. The second kappa shape index (κ2) is 18.1. The number of nitrogens with zero attached hydrogens (tertiary/aromatic N) is 3. The smallest absolute Gasteiger partial charge is 0.302 e. The third-order valence-electron chi connectivity index (χ3n) is 11.9. The number of aromatic hydroxyl groups is 2. The van der Waals surface area contributed by atoms with E-state index in [4.69, 9.17) is 9.47 Å². The Morgan fingerprint density at radius 3 is 2.30 bits per heavy atom. The molecule has 1 aromatic rings. The molecule has 2 unspecified atom stereocenters. The van der Waals surface area contributed by atoms with Gasteiger partial charge >= 0.3 is 5.97 Å². The molecule has 1 amide bonds. The molecule has 0 spiro atoms. The lowest BCUT2D eigenvalue weighted by Crippen LogP contribution is -2.50. The molecular formula is C43H56N4O10. The molecule has 14 nitrogen and oxygen atoms in total. The van der Waals surface area contributed by atoms with Gasteiger partial charge in [0, 0.05) is 87.0 Å². The van der Waals surface area contributed by atoms with Gasteiger partial charge in [0.15, 0.2) is 5.75 Å². The molecule has 10 atom stereocenters. The fourth-order valence-electron chi connectivity index (χ4n) is 8.33. The molecule has 6 bridgehead atoms. The number of anilines is 1. The monoisotopic (exact) mass is 788 g/mol. The molecule has 57 heavy (non-hydrogen) atoms. The van der Waals surface area contributed by atoms with Crippen molar-refractivity contribution in [3.05, 3.63) is 58.4 Å². The Bertz CT molecular complexity index is 1950. The summed E-state index contributed by atoms with van der Waals surface area (Å²) in [6, 6.07) is 0. The number of aliphatic hydroxyl groups excluding tert-OH is 3. The Morgan fingerprint density at radius 1 is 0.965 bits per heavy atom. The van der Waals surface area contributed by atoms with Crippen LogP contribution in [-0.2, 0) is 19.1 Å². The van der Waals surface area contributed by atoms with Gasteiger partial charge in [-0.2, -0.15) is 5.10 Å². The van der Waals surface area contributed by atoms with Crippen molar-refractivity contribution in [3.8, 4) is 23.3 Å². The maximum absolute atomic E-state index is 14.1. The number of hydrogen-bond acceptors (Lipinski definition) is 13. The van der Waals surface area contributed by atoms with Crippen LogP contribution in [-0.4, -0.2) is 124 Å². The maximum atomic E-state index is 14.1. The molecular weight excluding hydrogens is 732 g/mol. The molecule has 1 fully saturated rings. The number of fused-ring (bicyclic) bond motifs is 10. The van der Waals surface area contributed by atoms with Crippen LogP contribution in [0.4, 0.5) is 5.69 Å². The quantitative estimate of drug-likeness (QED) is 0.0488. The van der Waals surface area contributed by atoms with Gasteiger partial charge in [-0.1, -0.05) is 64.0 Å². The lowest BCUT2D eigenvalue weighted by atomic mass is 9.68. The number of benzene rings is 1. The van der Waals surface area contributed by atoms with Crippen LogP contribution in [0.1, 0.15) is 69.4 Å². The minimum Gasteiger partial charge on any atom is -0.512 e. The van der Waals surface area contributed by atoms with Crippen LogP contribution in [0, 0.1) is 47.3 Å². The Balaban J connectivity index is 1.84. The minimum atomic E-state index is -1.21. The summed E-state index contributed by atoms with van der Waals surface area (Å²) in [7, 11) is 3.47. The second-order valence-electron chi connectivity index (χ2n) is 15.8. The van der Waals surface area contributed by atoms with E-state index >= 15 is 0 Å². The van der Waals surface area contributed by atoms with Gasteiger partial charge < -0.3 is 45.2 Å². The molecule has 5 aliphatic rings. The van der Waals surface area contributed by atoms with Gasteiger partial charge in [-0.25, -0.2) is 0 Å².